The van der Waals surface area contributed by atoms with Crippen LogP contribution in [0.2, 0.25) is 0 Å². The fraction of sp³-hybridized carbons (Fsp3) is 0.200. The number of nitrogens with zero attached hydrogens (tertiary/aromatic N) is 2. The van der Waals surface area contributed by atoms with Crippen molar-refractivity contribution in [2.45, 2.75) is 13.0 Å². The zero-order chi connectivity index (χ0) is 13.7. The molecule has 1 aromatic heterocycles. The lowest BCUT2D eigenvalue weighted by Crippen LogP contribution is -2.13. The van der Waals surface area contributed by atoms with Gasteiger partial charge >= 0.3 is 0 Å². The summed E-state index contributed by atoms with van der Waals surface area (Å²) < 4.78 is 5.66. The predicted molar refractivity (Wildman–Crippen MR) is 72.9 cm³/mol. The Morgan fingerprint density at radius 3 is 2.74 bits per heavy atom. The maximum absolute atomic E-state index is 8.83. The summed E-state index contributed by atoms with van der Waals surface area (Å²) in [5, 5.41) is 12.0. The monoisotopic (exact) mass is 253 g/mol. The number of aromatic nitrogens is 1. The highest BCUT2D eigenvalue weighted by molar-refractivity contribution is 5.38. The molecule has 4 heteroatoms. The molecule has 1 atom stereocenters. The average molecular weight is 253 g/mol. The minimum absolute atomic E-state index is 0.205. The third kappa shape index (κ3) is 3.30. The Balaban J connectivity index is 2.13. The van der Waals surface area contributed by atoms with E-state index in [-0.39, 0.29) is 6.04 Å². The second-order valence-corrected chi connectivity index (χ2v) is 4.17. The van der Waals surface area contributed by atoms with Crippen molar-refractivity contribution < 1.29 is 4.74 Å². The molecule has 1 heterocycles. The largest absolute Gasteiger partial charge is 0.456 e. The summed E-state index contributed by atoms with van der Waals surface area (Å²) in [6.45, 7) is 2.04. The molecule has 0 aliphatic rings. The van der Waals surface area contributed by atoms with E-state index in [4.69, 9.17) is 10.00 Å². The first-order valence-corrected chi connectivity index (χ1v) is 6.04. The molecule has 0 saturated heterocycles. The summed E-state index contributed by atoms with van der Waals surface area (Å²) in [5.41, 5.74) is 1.53. The third-order valence-electron chi connectivity index (χ3n) is 2.83. The van der Waals surface area contributed by atoms with E-state index in [1.165, 1.54) is 0 Å². The average Bonchev–Trinajstić information content (AvgIpc) is 2.47. The highest BCUT2D eigenvalue weighted by Crippen LogP contribution is 2.22. The summed E-state index contributed by atoms with van der Waals surface area (Å²) >= 11 is 0. The van der Waals surface area contributed by atoms with E-state index < -0.39 is 0 Å². The Morgan fingerprint density at radius 2 is 2.11 bits per heavy atom. The standard InChI is InChI=1S/C15H15N3O/c1-11(17-2)15-7-6-14(10-18-15)19-13-5-3-4-12(8-13)9-16/h3-8,10-11,17H,1-2H3. The molecule has 1 unspecified atom stereocenters. The quantitative estimate of drug-likeness (QED) is 0.909. The molecule has 0 fully saturated rings. The molecule has 0 bridgehead atoms. The number of rotatable bonds is 4. The predicted octanol–water partition coefficient (Wildman–Crippen LogP) is 3.03. The van der Waals surface area contributed by atoms with E-state index in [2.05, 4.69) is 16.4 Å². The van der Waals surface area contributed by atoms with Crippen LogP contribution in [0.4, 0.5) is 0 Å². The normalized spacial score (nSPS) is 11.6. The van der Waals surface area contributed by atoms with E-state index >= 15 is 0 Å². The number of ether oxygens (including phenoxy) is 1. The van der Waals surface area contributed by atoms with E-state index in [1.54, 1.807) is 24.4 Å². The number of pyridine rings is 1. The van der Waals surface area contributed by atoms with Crippen molar-refractivity contribution in [1.82, 2.24) is 10.3 Å². The summed E-state index contributed by atoms with van der Waals surface area (Å²) in [5.74, 6) is 1.29. The van der Waals surface area contributed by atoms with Crippen molar-refractivity contribution in [1.29, 1.82) is 5.26 Å². The van der Waals surface area contributed by atoms with Crippen LogP contribution in [0, 0.1) is 11.3 Å². The van der Waals surface area contributed by atoms with Crippen LogP contribution in [0.25, 0.3) is 0 Å². The minimum Gasteiger partial charge on any atom is -0.456 e. The molecule has 0 saturated carbocycles. The Bertz CT molecular complexity index is 587. The summed E-state index contributed by atoms with van der Waals surface area (Å²) in [6.07, 6.45) is 1.68. The molecule has 19 heavy (non-hydrogen) atoms. The zero-order valence-corrected chi connectivity index (χ0v) is 10.9. The topological polar surface area (TPSA) is 57.9 Å². The molecule has 0 amide bonds. The van der Waals surface area contributed by atoms with E-state index in [9.17, 15) is 0 Å². The van der Waals surface area contributed by atoms with Gasteiger partial charge in [0.2, 0.25) is 0 Å². The second kappa shape index (κ2) is 5.98. The van der Waals surface area contributed by atoms with Crippen LogP contribution in [0.5, 0.6) is 11.5 Å². The summed E-state index contributed by atoms with van der Waals surface area (Å²) in [7, 11) is 1.89. The lowest BCUT2D eigenvalue weighted by Gasteiger charge is -2.10. The maximum Gasteiger partial charge on any atom is 0.145 e. The highest BCUT2D eigenvalue weighted by Gasteiger charge is 2.04. The Hall–Kier alpha value is -2.38. The molecule has 1 aromatic carbocycles. The Labute approximate surface area is 112 Å². The van der Waals surface area contributed by atoms with Crippen LogP contribution < -0.4 is 10.1 Å². The van der Waals surface area contributed by atoms with Gasteiger partial charge in [-0.2, -0.15) is 5.26 Å². The molecular weight excluding hydrogens is 238 g/mol. The first kappa shape index (κ1) is 13.1. The number of nitrogens with one attached hydrogen (secondary N) is 1. The van der Waals surface area contributed by atoms with Crippen LogP contribution in [0.1, 0.15) is 24.2 Å². The van der Waals surface area contributed by atoms with Gasteiger partial charge in [0.05, 0.1) is 23.5 Å². The summed E-state index contributed by atoms with van der Waals surface area (Å²) in [4.78, 5) is 4.34. The molecule has 0 spiro atoms. The van der Waals surface area contributed by atoms with Crippen molar-refractivity contribution in [2.24, 2.45) is 0 Å². The second-order valence-electron chi connectivity index (χ2n) is 4.17. The minimum atomic E-state index is 0.205. The number of hydrogen-bond acceptors (Lipinski definition) is 4. The lowest BCUT2D eigenvalue weighted by atomic mass is 10.2. The van der Waals surface area contributed by atoms with Gasteiger partial charge in [0.1, 0.15) is 11.5 Å². The summed E-state index contributed by atoms with van der Waals surface area (Å²) in [6, 6.07) is 13.1. The molecule has 2 aromatic rings. The molecular formula is C15H15N3O. The number of nitriles is 1. The van der Waals surface area contributed by atoms with Crippen molar-refractivity contribution in [3.05, 3.63) is 53.9 Å². The smallest absolute Gasteiger partial charge is 0.145 e. The van der Waals surface area contributed by atoms with Gasteiger partial charge in [-0.05, 0) is 44.3 Å². The van der Waals surface area contributed by atoms with Gasteiger partial charge in [-0.15, -0.1) is 0 Å². The van der Waals surface area contributed by atoms with Crippen LogP contribution in [0.3, 0.4) is 0 Å². The van der Waals surface area contributed by atoms with Gasteiger partial charge in [0.25, 0.3) is 0 Å². The molecule has 1 N–H and O–H groups in total. The first-order valence-electron chi connectivity index (χ1n) is 6.04. The van der Waals surface area contributed by atoms with Crippen molar-refractivity contribution >= 4 is 0 Å². The number of benzene rings is 1. The molecule has 0 aliphatic carbocycles. The Kier molecular flexibility index (Phi) is 4.11. The lowest BCUT2D eigenvalue weighted by molar-refractivity contribution is 0.478. The number of hydrogen-bond donors (Lipinski definition) is 1. The fourth-order valence-electron chi connectivity index (χ4n) is 1.62. The molecule has 4 nitrogen and oxygen atoms in total. The van der Waals surface area contributed by atoms with E-state index in [0.717, 1.165) is 5.69 Å². The fourth-order valence-corrected chi connectivity index (χ4v) is 1.62. The van der Waals surface area contributed by atoms with E-state index in [1.807, 2.05) is 32.2 Å². The molecule has 0 aliphatic heterocycles. The van der Waals surface area contributed by atoms with Gasteiger partial charge in [0, 0.05) is 6.04 Å². The molecule has 96 valence electrons. The van der Waals surface area contributed by atoms with Crippen molar-refractivity contribution in [2.75, 3.05) is 7.05 Å². The maximum atomic E-state index is 8.83. The van der Waals surface area contributed by atoms with Gasteiger partial charge in [0.15, 0.2) is 0 Å². The van der Waals surface area contributed by atoms with Gasteiger partial charge < -0.3 is 10.1 Å². The highest BCUT2D eigenvalue weighted by atomic mass is 16.5. The van der Waals surface area contributed by atoms with Crippen molar-refractivity contribution in [3.63, 3.8) is 0 Å². The molecule has 0 radical (unpaired) electrons. The van der Waals surface area contributed by atoms with Crippen LogP contribution in [0.15, 0.2) is 42.6 Å². The van der Waals surface area contributed by atoms with Crippen LogP contribution in [-0.2, 0) is 0 Å². The Morgan fingerprint density at radius 1 is 1.26 bits per heavy atom. The SMILES string of the molecule is CNC(C)c1ccc(Oc2cccc(C#N)c2)cn1. The van der Waals surface area contributed by atoms with Crippen LogP contribution in [-0.4, -0.2) is 12.0 Å². The van der Waals surface area contributed by atoms with Crippen LogP contribution >= 0.6 is 0 Å². The first-order chi connectivity index (χ1) is 9.22. The van der Waals surface area contributed by atoms with E-state index in [0.29, 0.717) is 17.1 Å². The third-order valence-corrected chi connectivity index (χ3v) is 2.83. The zero-order valence-electron chi connectivity index (χ0n) is 10.9. The van der Waals surface area contributed by atoms with Gasteiger partial charge in [-0.1, -0.05) is 6.07 Å². The van der Waals surface area contributed by atoms with Gasteiger partial charge in [-0.3, -0.25) is 4.98 Å². The van der Waals surface area contributed by atoms with Crippen molar-refractivity contribution in [3.8, 4) is 17.6 Å². The molecule has 2 rings (SSSR count). The van der Waals surface area contributed by atoms with Gasteiger partial charge in [-0.25, -0.2) is 0 Å².